The first-order chi connectivity index (χ1) is 7.08. The fourth-order valence-corrected chi connectivity index (χ4v) is 1.30. The number of hydrogen-bond acceptors (Lipinski definition) is 7. The van der Waals surface area contributed by atoms with Gasteiger partial charge in [-0.05, 0) is 0 Å². The summed E-state index contributed by atoms with van der Waals surface area (Å²) < 4.78 is 0. The summed E-state index contributed by atoms with van der Waals surface area (Å²) in [6.07, 6.45) is 0.314. The van der Waals surface area contributed by atoms with Gasteiger partial charge in [-0.3, -0.25) is 9.59 Å². The minimum absolute atomic E-state index is 0.104. The van der Waals surface area contributed by atoms with E-state index in [-0.39, 0.29) is 42.5 Å². The number of carbonyl (C=O) groups is 2. The Bertz CT molecular complexity index is 409. The highest BCUT2D eigenvalue weighted by atomic mass is 16.2. The average Bonchev–Trinajstić information content (AvgIpc) is 2.44. The summed E-state index contributed by atoms with van der Waals surface area (Å²) in [6, 6.07) is 0. The Morgan fingerprint density at radius 3 is 1.87 bits per heavy atom. The molecule has 1 aliphatic rings. The number of nitrogen functional groups attached to an aromatic ring is 2. The van der Waals surface area contributed by atoms with E-state index in [1.807, 2.05) is 0 Å². The van der Waals surface area contributed by atoms with Gasteiger partial charge in [0.25, 0.3) is 0 Å². The Morgan fingerprint density at radius 1 is 0.933 bits per heavy atom. The van der Waals surface area contributed by atoms with Crippen molar-refractivity contribution in [3.8, 4) is 0 Å². The molecule has 0 aromatic carbocycles. The predicted molar refractivity (Wildman–Crippen MR) is 50.4 cm³/mol. The highest BCUT2D eigenvalue weighted by molar-refractivity contribution is 6.18. The lowest BCUT2D eigenvalue weighted by atomic mass is 10.4. The van der Waals surface area contributed by atoms with Crippen LogP contribution in [0.4, 0.5) is 17.8 Å². The van der Waals surface area contributed by atoms with Gasteiger partial charge in [0.15, 0.2) is 0 Å². The molecule has 15 heavy (non-hydrogen) atoms. The zero-order valence-corrected chi connectivity index (χ0v) is 7.67. The second-order valence-corrected chi connectivity index (χ2v) is 2.97. The molecule has 0 unspecified atom stereocenters. The van der Waals surface area contributed by atoms with Crippen molar-refractivity contribution in [2.45, 2.75) is 12.8 Å². The van der Waals surface area contributed by atoms with Gasteiger partial charge in [0.05, 0.1) is 0 Å². The maximum Gasteiger partial charge on any atom is 0.245 e. The fraction of sp³-hybridized carbons (Fsp3) is 0.286. The molecule has 8 nitrogen and oxygen atoms in total. The van der Waals surface area contributed by atoms with E-state index in [1.165, 1.54) is 0 Å². The van der Waals surface area contributed by atoms with Gasteiger partial charge in [0.2, 0.25) is 29.7 Å². The Balaban J connectivity index is 2.44. The summed E-state index contributed by atoms with van der Waals surface area (Å²) in [5, 5.41) is 0. The molecule has 0 aliphatic carbocycles. The SMILES string of the molecule is Nc1nc(N)nc(N2C(=O)CCC2=O)n1. The van der Waals surface area contributed by atoms with E-state index in [0.29, 0.717) is 0 Å². The first kappa shape index (κ1) is 9.31. The van der Waals surface area contributed by atoms with Crippen LogP contribution < -0.4 is 16.4 Å². The number of amides is 2. The fourth-order valence-electron chi connectivity index (χ4n) is 1.30. The molecule has 1 aliphatic heterocycles. The molecule has 1 fully saturated rings. The minimum Gasteiger partial charge on any atom is -0.368 e. The molecule has 0 spiro atoms. The third-order valence-corrected chi connectivity index (χ3v) is 1.91. The average molecular weight is 208 g/mol. The number of nitrogens with zero attached hydrogens (tertiary/aromatic N) is 4. The van der Waals surface area contributed by atoms with Gasteiger partial charge < -0.3 is 11.5 Å². The summed E-state index contributed by atoms with van der Waals surface area (Å²) in [5.74, 6) is -1.06. The summed E-state index contributed by atoms with van der Waals surface area (Å²) in [7, 11) is 0. The Hall–Kier alpha value is -2.25. The normalized spacial score (nSPS) is 16.1. The topological polar surface area (TPSA) is 128 Å². The van der Waals surface area contributed by atoms with Crippen molar-refractivity contribution in [1.29, 1.82) is 0 Å². The summed E-state index contributed by atoms with van der Waals surface area (Å²) in [6.45, 7) is 0. The molecular weight excluding hydrogens is 200 g/mol. The number of hydrogen-bond donors (Lipinski definition) is 2. The van der Waals surface area contributed by atoms with Crippen LogP contribution in [0.2, 0.25) is 0 Å². The largest absolute Gasteiger partial charge is 0.368 e. The van der Waals surface area contributed by atoms with Crippen LogP contribution in [0, 0.1) is 0 Å². The molecule has 2 amide bonds. The number of imide groups is 1. The lowest BCUT2D eigenvalue weighted by Crippen LogP contribution is -2.31. The minimum atomic E-state index is -0.356. The molecule has 8 heteroatoms. The molecule has 2 heterocycles. The van der Waals surface area contributed by atoms with E-state index in [2.05, 4.69) is 15.0 Å². The predicted octanol–water partition coefficient (Wildman–Crippen LogP) is -1.31. The van der Waals surface area contributed by atoms with E-state index < -0.39 is 0 Å². The molecule has 2 rings (SSSR count). The van der Waals surface area contributed by atoms with Gasteiger partial charge in [-0.25, -0.2) is 4.90 Å². The van der Waals surface area contributed by atoms with Crippen molar-refractivity contribution in [3.05, 3.63) is 0 Å². The van der Waals surface area contributed by atoms with Crippen molar-refractivity contribution >= 4 is 29.7 Å². The second-order valence-electron chi connectivity index (χ2n) is 2.97. The number of nitrogens with two attached hydrogens (primary N) is 2. The van der Waals surface area contributed by atoms with E-state index in [4.69, 9.17) is 11.5 Å². The first-order valence-corrected chi connectivity index (χ1v) is 4.21. The monoisotopic (exact) mass is 208 g/mol. The van der Waals surface area contributed by atoms with Gasteiger partial charge in [-0.15, -0.1) is 0 Å². The van der Waals surface area contributed by atoms with Gasteiger partial charge in [0, 0.05) is 12.8 Å². The van der Waals surface area contributed by atoms with Gasteiger partial charge in [0.1, 0.15) is 0 Å². The van der Waals surface area contributed by atoms with Crippen LogP contribution in [0.5, 0.6) is 0 Å². The molecule has 1 saturated heterocycles. The first-order valence-electron chi connectivity index (χ1n) is 4.21. The number of rotatable bonds is 1. The molecule has 1 aromatic heterocycles. The number of carbonyl (C=O) groups excluding carboxylic acids is 2. The van der Waals surface area contributed by atoms with E-state index in [1.54, 1.807) is 0 Å². The number of aromatic nitrogens is 3. The highest BCUT2D eigenvalue weighted by Gasteiger charge is 2.32. The van der Waals surface area contributed by atoms with Crippen molar-refractivity contribution in [3.63, 3.8) is 0 Å². The molecule has 1 aromatic rings. The number of anilines is 3. The standard InChI is InChI=1S/C7H8N6O2/c8-5-10-6(9)12-7(11-5)13-3(14)1-2-4(13)15/h1-2H2,(H4,8,9,10,11,12). The molecule has 0 saturated carbocycles. The Kier molecular flexibility index (Phi) is 1.96. The van der Waals surface area contributed by atoms with Crippen LogP contribution in [-0.4, -0.2) is 26.8 Å². The maximum atomic E-state index is 11.3. The second kappa shape index (κ2) is 3.15. The lowest BCUT2D eigenvalue weighted by Gasteiger charge is -2.11. The molecule has 78 valence electrons. The highest BCUT2D eigenvalue weighted by Crippen LogP contribution is 2.19. The van der Waals surface area contributed by atoms with E-state index >= 15 is 0 Å². The third kappa shape index (κ3) is 1.56. The smallest absolute Gasteiger partial charge is 0.245 e. The van der Waals surface area contributed by atoms with Crippen LogP contribution in [0.1, 0.15) is 12.8 Å². The Morgan fingerprint density at radius 2 is 1.40 bits per heavy atom. The lowest BCUT2D eigenvalue weighted by molar-refractivity contribution is -0.121. The quantitative estimate of drug-likeness (QED) is 0.548. The van der Waals surface area contributed by atoms with Crippen molar-refractivity contribution in [1.82, 2.24) is 15.0 Å². The molecule has 0 atom stereocenters. The zero-order chi connectivity index (χ0) is 11.0. The van der Waals surface area contributed by atoms with Crippen molar-refractivity contribution < 1.29 is 9.59 Å². The zero-order valence-electron chi connectivity index (χ0n) is 7.67. The molecule has 0 bridgehead atoms. The molecule has 0 radical (unpaired) electrons. The van der Waals surface area contributed by atoms with Crippen molar-refractivity contribution in [2.24, 2.45) is 0 Å². The maximum absolute atomic E-state index is 11.3. The van der Waals surface area contributed by atoms with Gasteiger partial charge in [-0.1, -0.05) is 0 Å². The third-order valence-electron chi connectivity index (χ3n) is 1.91. The van der Waals surface area contributed by atoms with Crippen LogP contribution in [0.25, 0.3) is 0 Å². The van der Waals surface area contributed by atoms with Crippen LogP contribution in [-0.2, 0) is 9.59 Å². The summed E-state index contributed by atoms with van der Waals surface area (Å²) in [4.78, 5) is 34.4. The van der Waals surface area contributed by atoms with E-state index in [0.717, 1.165) is 4.90 Å². The van der Waals surface area contributed by atoms with Gasteiger partial charge in [-0.2, -0.15) is 15.0 Å². The van der Waals surface area contributed by atoms with E-state index in [9.17, 15) is 9.59 Å². The van der Waals surface area contributed by atoms with Crippen molar-refractivity contribution in [2.75, 3.05) is 16.4 Å². The van der Waals surface area contributed by atoms with Crippen LogP contribution in [0.15, 0.2) is 0 Å². The molecule has 4 N–H and O–H groups in total. The van der Waals surface area contributed by atoms with Crippen LogP contribution in [0.3, 0.4) is 0 Å². The summed E-state index contributed by atoms with van der Waals surface area (Å²) in [5.41, 5.74) is 10.7. The summed E-state index contributed by atoms with van der Waals surface area (Å²) >= 11 is 0. The van der Waals surface area contributed by atoms with Gasteiger partial charge >= 0.3 is 0 Å². The Labute approximate surface area is 84.3 Å². The molecular formula is C7H8N6O2. The van der Waals surface area contributed by atoms with Crippen LogP contribution >= 0.6 is 0 Å².